The number of aliphatic hydroxyl groups is 1. The van der Waals surface area contributed by atoms with Gasteiger partial charge >= 0.3 is 36.8 Å². The van der Waals surface area contributed by atoms with Gasteiger partial charge in [0.25, 0.3) is 0 Å². The summed E-state index contributed by atoms with van der Waals surface area (Å²) >= 11 is 0. The van der Waals surface area contributed by atoms with E-state index in [-0.39, 0.29) is 29.6 Å². The van der Waals surface area contributed by atoms with Crippen LogP contribution in [0.2, 0.25) is 0 Å². The Morgan fingerprint density at radius 2 is 1.00 bits per heavy atom. The van der Waals surface area contributed by atoms with E-state index in [2.05, 4.69) is 0 Å². The summed E-state index contributed by atoms with van der Waals surface area (Å²) < 4.78 is 39.0. The summed E-state index contributed by atoms with van der Waals surface area (Å²) in [5, 5.41) is 7.00. The Morgan fingerprint density at radius 1 is 1.00 bits per heavy atom. The monoisotopic (exact) mass is 142 g/mol. The van der Waals surface area contributed by atoms with Gasteiger partial charge < -0.3 is 22.4 Å². The summed E-state index contributed by atoms with van der Waals surface area (Å²) in [6.07, 6.45) is 0. The Morgan fingerprint density at radius 3 is 1.00 bits per heavy atom. The Balaban J connectivity index is -0.0000000750. The van der Waals surface area contributed by atoms with Gasteiger partial charge in [-0.1, -0.05) is 0 Å². The van der Waals surface area contributed by atoms with Crippen molar-refractivity contribution < 1.29 is 51.9 Å². The van der Waals surface area contributed by atoms with Gasteiger partial charge in [-0.3, -0.25) is 0 Å². The second kappa shape index (κ2) is 7.74. The molecule has 0 aliphatic carbocycles. The molecule has 0 saturated heterocycles. The maximum Gasteiger partial charge on any atom is 1.00 e. The molecular formula is CH4BF4NaO. The van der Waals surface area contributed by atoms with Gasteiger partial charge in [0.1, 0.15) is 0 Å². The van der Waals surface area contributed by atoms with Crippen LogP contribution in [-0.4, -0.2) is 19.5 Å². The van der Waals surface area contributed by atoms with Crippen molar-refractivity contribution in [3.05, 3.63) is 0 Å². The molecule has 46 valence electrons. The van der Waals surface area contributed by atoms with Gasteiger partial charge in [0.2, 0.25) is 0 Å². The van der Waals surface area contributed by atoms with Crippen LogP contribution in [-0.2, 0) is 0 Å². The summed E-state index contributed by atoms with van der Waals surface area (Å²) in [5.41, 5.74) is 0. The van der Waals surface area contributed by atoms with E-state index in [9.17, 15) is 17.3 Å². The van der Waals surface area contributed by atoms with Gasteiger partial charge in [0, 0.05) is 7.11 Å². The van der Waals surface area contributed by atoms with Crippen LogP contribution >= 0.6 is 0 Å². The van der Waals surface area contributed by atoms with Crippen LogP contribution in [0, 0.1) is 0 Å². The van der Waals surface area contributed by atoms with Crippen molar-refractivity contribution in [2.24, 2.45) is 0 Å². The van der Waals surface area contributed by atoms with Gasteiger partial charge in [-0.15, -0.1) is 0 Å². The summed E-state index contributed by atoms with van der Waals surface area (Å²) in [6.45, 7) is 0. The molecule has 8 heavy (non-hydrogen) atoms. The smallest absolute Gasteiger partial charge is 0.418 e. The Bertz CT molecular complexity index is 31.5. The van der Waals surface area contributed by atoms with Crippen LogP contribution in [0.4, 0.5) is 17.3 Å². The van der Waals surface area contributed by atoms with Gasteiger partial charge in [0.15, 0.2) is 0 Å². The molecule has 0 rings (SSSR count). The minimum Gasteiger partial charge on any atom is -0.418 e. The van der Waals surface area contributed by atoms with Gasteiger partial charge in [-0.25, -0.2) is 0 Å². The molecule has 0 aromatic heterocycles. The number of halogens is 4. The molecule has 0 radical (unpaired) electrons. The molecule has 0 amide bonds. The summed E-state index contributed by atoms with van der Waals surface area (Å²) in [5.74, 6) is 0. The van der Waals surface area contributed by atoms with Crippen LogP contribution in [0.15, 0.2) is 0 Å². The Hall–Kier alpha value is 0.745. The van der Waals surface area contributed by atoms with Crippen molar-refractivity contribution in [1.29, 1.82) is 0 Å². The average Bonchev–Trinajstić information content (AvgIpc) is 1.36. The largest absolute Gasteiger partial charge is 1.00 e. The fourth-order valence-corrected chi connectivity index (χ4v) is 0. The van der Waals surface area contributed by atoms with E-state index >= 15 is 0 Å². The van der Waals surface area contributed by atoms with E-state index in [1.165, 1.54) is 0 Å². The van der Waals surface area contributed by atoms with Crippen molar-refractivity contribution >= 4 is 7.25 Å². The molecule has 0 aromatic rings. The zero-order chi connectivity index (χ0) is 6.50. The van der Waals surface area contributed by atoms with E-state index < -0.39 is 7.25 Å². The van der Waals surface area contributed by atoms with Gasteiger partial charge in [-0.2, -0.15) is 0 Å². The molecule has 0 atom stereocenters. The van der Waals surface area contributed by atoms with E-state index in [1.807, 2.05) is 0 Å². The first-order valence-electron chi connectivity index (χ1n) is 1.32. The Labute approximate surface area is 66.5 Å². The van der Waals surface area contributed by atoms with Crippen LogP contribution < -0.4 is 29.6 Å². The predicted molar refractivity (Wildman–Crippen MR) is 18.3 cm³/mol. The third-order valence-corrected chi connectivity index (χ3v) is 0. The van der Waals surface area contributed by atoms with Crippen molar-refractivity contribution in [3.63, 3.8) is 0 Å². The average molecular weight is 142 g/mol. The van der Waals surface area contributed by atoms with Crippen molar-refractivity contribution in [2.75, 3.05) is 7.11 Å². The van der Waals surface area contributed by atoms with Crippen LogP contribution in [0.1, 0.15) is 0 Å². The number of aliphatic hydroxyl groups excluding tert-OH is 1. The van der Waals surface area contributed by atoms with Crippen LogP contribution in [0.25, 0.3) is 0 Å². The molecule has 0 aromatic carbocycles. The van der Waals surface area contributed by atoms with Crippen LogP contribution in [0.5, 0.6) is 0 Å². The van der Waals surface area contributed by atoms with E-state index in [0.29, 0.717) is 0 Å². The fourth-order valence-electron chi connectivity index (χ4n) is 0. The van der Waals surface area contributed by atoms with Gasteiger partial charge in [-0.05, 0) is 0 Å². The fraction of sp³-hybridized carbons (Fsp3) is 1.00. The molecule has 1 nitrogen and oxygen atoms in total. The zero-order valence-electron chi connectivity index (χ0n) is 4.54. The summed E-state index contributed by atoms with van der Waals surface area (Å²) in [6, 6.07) is 0. The van der Waals surface area contributed by atoms with E-state index in [0.717, 1.165) is 7.11 Å². The maximum absolute atomic E-state index is 9.75. The zero-order valence-corrected chi connectivity index (χ0v) is 6.54. The van der Waals surface area contributed by atoms with E-state index in [4.69, 9.17) is 5.11 Å². The molecule has 0 heterocycles. The van der Waals surface area contributed by atoms with E-state index in [1.54, 1.807) is 0 Å². The summed E-state index contributed by atoms with van der Waals surface area (Å²) in [7, 11) is -5.00. The first-order valence-corrected chi connectivity index (χ1v) is 1.32. The number of hydrogen-bond acceptors (Lipinski definition) is 1. The molecule has 0 unspecified atom stereocenters. The minimum absolute atomic E-state index is 0. The molecule has 0 fully saturated rings. The molecule has 0 bridgehead atoms. The third-order valence-electron chi connectivity index (χ3n) is 0. The normalized spacial score (nSPS) is 8.25. The number of hydrogen-bond donors (Lipinski definition) is 1. The first kappa shape index (κ1) is 15.9. The minimum atomic E-state index is -6.00. The molecule has 1 N–H and O–H groups in total. The second-order valence-electron chi connectivity index (χ2n) is 0.495. The quantitative estimate of drug-likeness (QED) is 0.303. The SMILES string of the molecule is CO.F[B-](F)(F)F.[Na+]. The standard InChI is InChI=1S/CH4O.BF4.Na/c1-2;2-1(3,4)5;/h2H,1H3;;/q;-1;+1. The topological polar surface area (TPSA) is 20.2 Å². The Kier molecular flexibility index (Phi) is 15.4. The van der Waals surface area contributed by atoms with Crippen molar-refractivity contribution in [3.8, 4) is 0 Å². The molecule has 0 aliphatic rings. The van der Waals surface area contributed by atoms with Crippen molar-refractivity contribution in [1.82, 2.24) is 0 Å². The van der Waals surface area contributed by atoms with Crippen molar-refractivity contribution in [2.45, 2.75) is 0 Å². The molecule has 0 saturated carbocycles. The maximum atomic E-state index is 9.75. The predicted octanol–water partition coefficient (Wildman–Crippen LogP) is -2.09. The molecular weight excluding hydrogens is 138 g/mol. The first-order chi connectivity index (χ1) is 3.00. The molecule has 7 heteroatoms. The third kappa shape index (κ3) is 401. The molecule has 0 spiro atoms. The summed E-state index contributed by atoms with van der Waals surface area (Å²) in [4.78, 5) is 0. The second-order valence-corrected chi connectivity index (χ2v) is 0.495. The number of rotatable bonds is 0. The van der Waals surface area contributed by atoms with Gasteiger partial charge in [0.05, 0.1) is 0 Å². The molecule has 0 aliphatic heterocycles. The van der Waals surface area contributed by atoms with Crippen LogP contribution in [0.3, 0.4) is 0 Å².